The van der Waals surface area contributed by atoms with Crippen molar-refractivity contribution in [2.24, 2.45) is 17.8 Å². The number of amides is 2. The van der Waals surface area contributed by atoms with E-state index in [1.807, 2.05) is 16.7 Å². The summed E-state index contributed by atoms with van der Waals surface area (Å²) in [6.07, 6.45) is 8.49. The third-order valence-electron chi connectivity index (χ3n) is 6.69. The van der Waals surface area contributed by atoms with Crippen molar-refractivity contribution in [2.45, 2.75) is 57.9 Å². The molecule has 0 spiro atoms. The number of aliphatic carboxylic acids is 1. The number of carboxylic acid groups (broad SMARTS) is 1. The summed E-state index contributed by atoms with van der Waals surface area (Å²) in [4.78, 5) is 27.2. The number of nitrogens with zero attached hydrogens (tertiary/aromatic N) is 2. The van der Waals surface area contributed by atoms with Gasteiger partial charge in [-0.1, -0.05) is 13.3 Å². The number of likely N-dealkylation sites (N-methyl/N-ethyl adjacent to an activating group) is 1. The lowest BCUT2D eigenvalue weighted by molar-refractivity contribution is -0.139. The number of rotatable bonds is 7. The Morgan fingerprint density at radius 2 is 1.92 bits per heavy atom. The first-order valence-corrected chi connectivity index (χ1v) is 10.1. The lowest BCUT2D eigenvalue weighted by Gasteiger charge is -2.37. The molecule has 2 amide bonds. The van der Waals surface area contributed by atoms with E-state index in [-0.39, 0.29) is 18.6 Å². The zero-order valence-electron chi connectivity index (χ0n) is 15.5. The Hall–Kier alpha value is -1.30. The van der Waals surface area contributed by atoms with E-state index in [4.69, 9.17) is 5.11 Å². The van der Waals surface area contributed by atoms with E-state index < -0.39 is 5.97 Å². The number of nitrogens with one attached hydrogen (secondary N) is 1. The van der Waals surface area contributed by atoms with Gasteiger partial charge in [-0.3, -0.25) is 9.69 Å². The van der Waals surface area contributed by atoms with Gasteiger partial charge in [-0.15, -0.1) is 0 Å². The highest BCUT2D eigenvalue weighted by Crippen LogP contribution is 2.49. The molecular weight excluding hydrogens is 318 g/mol. The Bertz CT molecular complexity index is 477. The summed E-state index contributed by atoms with van der Waals surface area (Å²) in [5.41, 5.74) is 0. The molecule has 2 bridgehead atoms. The molecule has 1 saturated heterocycles. The second-order valence-electron chi connectivity index (χ2n) is 8.13. The Morgan fingerprint density at radius 3 is 2.48 bits per heavy atom. The summed E-state index contributed by atoms with van der Waals surface area (Å²) < 4.78 is 0. The number of piperidine rings is 1. The topological polar surface area (TPSA) is 72.9 Å². The van der Waals surface area contributed by atoms with Crippen LogP contribution in [0.1, 0.15) is 51.9 Å². The number of urea groups is 1. The summed E-state index contributed by atoms with van der Waals surface area (Å²) in [5.74, 6) is 1.95. The van der Waals surface area contributed by atoms with Gasteiger partial charge in [-0.05, 0) is 62.8 Å². The molecule has 2 aliphatic carbocycles. The summed E-state index contributed by atoms with van der Waals surface area (Å²) >= 11 is 0. The van der Waals surface area contributed by atoms with E-state index in [0.29, 0.717) is 0 Å². The van der Waals surface area contributed by atoms with Crippen LogP contribution < -0.4 is 5.32 Å². The van der Waals surface area contributed by atoms with Gasteiger partial charge in [-0.25, -0.2) is 4.79 Å². The first-order valence-electron chi connectivity index (χ1n) is 10.1. The van der Waals surface area contributed by atoms with Crippen LogP contribution in [0.3, 0.4) is 0 Å². The van der Waals surface area contributed by atoms with Gasteiger partial charge < -0.3 is 15.3 Å². The van der Waals surface area contributed by atoms with E-state index in [2.05, 4.69) is 5.32 Å². The molecule has 0 radical (unpaired) electrons. The van der Waals surface area contributed by atoms with E-state index in [0.717, 1.165) is 63.2 Å². The highest BCUT2D eigenvalue weighted by Gasteiger charge is 2.39. The smallest absolute Gasteiger partial charge is 0.317 e. The van der Waals surface area contributed by atoms with Crippen LogP contribution in [0.4, 0.5) is 4.79 Å². The molecule has 3 atom stereocenters. The van der Waals surface area contributed by atoms with Crippen molar-refractivity contribution >= 4 is 12.0 Å². The molecule has 2 saturated carbocycles. The van der Waals surface area contributed by atoms with Crippen LogP contribution in [0.5, 0.6) is 0 Å². The summed E-state index contributed by atoms with van der Waals surface area (Å²) in [7, 11) is 0. The van der Waals surface area contributed by atoms with E-state index in [9.17, 15) is 9.59 Å². The van der Waals surface area contributed by atoms with E-state index in [1.165, 1.54) is 25.7 Å². The molecule has 2 N–H and O–H groups in total. The minimum Gasteiger partial charge on any atom is -0.480 e. The van der Waals surface area contributed by atoms with E-state index >= 15 is 0 Å². The van der Waals surface area contributed by atoms with Crippen LogP contribution in [0.25, 0.3) is 0 Å². The Morgan fingerprint density at radius 1 is 1.16 bits per heavy atom. The normalized spacial score (nSPS) is 29.4. The highest BCUT2D eigenvalue weighted by atomic mass is 16.4. The SMILES string of the molecule is CCN(CC(=O)O)C1CCN(C(=O)NCCC2CC3CCC2C3)CC1. The van der Waals surface area contributed by atoms with Gasteiger partial charge in [0.05, 0.1) is 6.54 Å². The van der Waals surface area contributed by atoms with Crippen molar-refractivity contribution in [2.75, 3.05) is 32.7 Å². The number of hydrogen-bond acceptors (Lipinski definition) is 3. The third kappa shape index (κ3) is 4.66. The molecule has 6 nitrogen and oxygen atoms in total. The highest BCUT2D eigenvalue weighted by molar-refractivity contribution is 5.74. The van der Waals surface area contributed by atoms with Gasteiger partial charge in [0.2, 0.25) is 0 Å². The zero-order chi connectivity index (χ0) is 17.8. The third-order valence-corrected chi connectivity index (χ3v) is 6.69. The molecule has 142 valence electrons. The summed E-state index contributed by atoms with van der Waals surface area (Å²) in [5, 5.41) is 12.1. The van der Waals surface area contributed by atoms with Gasteiger partial charge >= 0.3 is 12.0 Å². The maximum Gasteiger partial charge on any atom is 0.317 e. The second-order valence-corrected chi connectivity index (χ2v) is 8.13. The van der Waals surface area contributed by atoms with E-state index in [1.54, 1.807) is 0 Å². The lowest BCUT2D eigenvalue weighted by Crippen LogP contribution is -2.50. The quantitative estimate of drug-likeness (QED) is 0.739. The maximum absolute atomic E-state index is 12.4. The number of carbonyl (C=O) groups is 2. The molecule has 6 heteroatoms. The predicted octanol–water partition coefficient (Wildman–Crippen LogP) is 2.39. The molecule has 25 heavy (non-hydrogen) atoms. The molecule has 3 fully saturated rings. The van der Waals surface area contributed by atoms with Crippen molar-refractivity contribution < 1.29 is 14.7 Å². The number of likely N-dealkylation sites (tertiary alicyclic amines) is 1. The molecule has 3 rings (SSSR count). The van der Waals surface area contributed by atoms with Crippen LogP contribution in [0, 0.1) is 17.8 Å². The van der Waals surface area contributed by atoms with Crippen LogP contribution in [-0.4, -0.2) is 65.7 Å². The number of carbonyl (C=O) groups excluding carboxylic acids is 1. The lowest BCUT2D eigenvalue weighted by atomic mass is 9.86. The first-order chi connectivity index (χ1) is 12.1. The molecule has 1 heterocycles. The van der Waals surface area contributed by atoms with Crippen LogP contribution >= 0.6 is 0 Å². The molecule has 0 aromatic heterocycles. The maximum atomic E-state index is 12.4. The van der Waals surface area contributed by atoms with Gasteiger partial charge in [0.15, 0.2) is 0 Å². The molecular formula is C19H33N3O3. The van der Waals surface area contributed by atoms with Crippen molar-refractivity contribution in [1.29, 1.82) is 0 Å². The molecule has 3 aliphatic rings. The standard InChI is InChI=1S/C19H33N3O3/c1-2-21(13-18(23)24)17-6-9-22(10-7-17)19(25)20-8-5-16-12-14-3-4-15(16)11-14/h14-17H,2-13H2,1H3,(H,20,25)(H,23,24). The van der Waals surface area contributed by atoms with Crippen LogP contribution in [0.2, 0.25) is 0 Å². The molecule has 0 aromatic carbocycles. The minimum atomic E-state index is -0.775. The second kappa shape index (κ2) is 8.39. The Kier molecular flexibility index (Phi) is 6.20. The van der Waals surface area contributed by atoms with Gasteiger partial charge in [0.1, 0.15) is 0 Å². The number of fused-ring (bicyclic) bond motifs is 2. The van der Waals surface area contributed by atoms with Gasteiger partial charge in [0.25, 0.3) is 0 Å². The minimum absolute atomic E-state index is 0.0582. The molecule has 1 aliphatic heterocycles. The van der Waals surface area contributed by atoms with Crippen LogP contribution in [0.15, 0.2) is 0 Å². The van der Waals surface area contributed by atoms with Crippen molar-refractivity contribution in [3.05, 3.63) is 0 Å². The van der Waals surface area contributed by atoms with Crippen molar-refractivity contribution in [3.63, 3.8) is 0 Å². The largest absolute Gasteiger partial charge is 0.480 e. The van der Waals surface area contributed by atoms with Gasteiger partial charge in [0, 0.05) is 25.7 Å². The Balaban J connectivity index is 1.34. The van der Waals surface area contributed by atoms with Crippen molar-refractivity contribution in [3.8, 4) is 0 Å². The number of carboxylic acids is 1. The molecule has 0 aromatic rings. The first kappa shape index (κ1) is 18.5. The average Bonchev–Trinajstić information content (AvgIpc) is 3.22. The van der Waals surface area contributed by atoms with Gasteiger partial charge in [-0.2, -0.15) is 0 Å². The van der Waals surface area contributed by atoms with Crippen molar-refractivity contribution in [1.82, 2.24) is 15.1 Å². The fourth-order valence-corrected chi connectivity index (χ4v) is 5.31. The van der Waals surface area contributed by atoms with Crippen LogP contribution in [-0.2, 0) is 4.79 Å². The summed E-state index contributed by atoms with van der Waals surface area (Å²) in [6, 6.07) is 0.335. The summed E-state index contributed by atoms with van der Waals surface area (Å²) in [6.45, 7) is 5.08. The fraction of sp³-hybridized carbons (Fsp3) is 0.895. The predicted molar refractivity (Wildman–Crippen MR) is 96.4 cm³/mol. The zero-order valence-corrected chi connectivity index (χ0v) is 15.5. The average molecular weight is 351 g/mol. The Labute approximate surface area is 150 Å². The molecule has 3 unspecified atom stereocenters. The fourth-order valence-electron chi connectivity index (χ4n) is 5.31. The number of hydrogen-bond donors (Lipinski definition) is 2. The monoisotopic (exact) mass is 351 g/mol.